The molecule has 0 amide bonds. The van der Waals surface area contributed by atoms with Crippen molar-refractivity contribution in [2.45, 2.75) is 64.9 Å². The van der Waals surface area contributed by atoms with Gasteiger partial charge in [-0.05, 0) is 54.5 Å². The fourth-order valence-electron chi connectivity index (χ4n) is 4.59. The van der Waals surface area contributed by atoms with Crippen LogP contribution in [-0.4, -0.2) is 34.3 Å². The van der Waals surface area contributed by atoms with E-state index in [1.165, 1.54) is 38.5 Å². The van der Waals surface area contributed by atoms with E-state index in [2.05, 4.69) is 25.8 Å². The molecule has 0 radical (unpaired) electrons. The van der Waals surface area contributed by atoms with Gasteiger partial charge in [-0.25, -0.2) is 4.79 Å². The summed E-state index contributed by atoms with van der Waals surface area (Å²) in [6, 6.07) is 0. The van der Waals surface area contributed by atoms with Crippen molar-refractivity contribution in [3.8, 4) is 0 Å². The Morgan fingerprint density at radius 1 is 1.16 bits per heavy atom. The zero-order valence-corrected chi connectivity index (χ0v) is 16.6. The number of rotatable bonds is 3. The summed E-state index contributed by atoms with van der Waals surface area (Å²) in [5.41, 5.74) is 3.01. The Bertz CT molecular complexity index is 669. The van der Waals surface area contributed by atoms with E-state index in [0.29, 0.717) is 16.7 Å². The van der Waals surface area contributed by atoms with Crippen LogP contribution in [-0.2, 0) is 4.79 Å². The van der Waals surface area contributed by atoms with Gasteiger partial charge in [0.05, 0.1) is 15.9 Å². The first-order chi connectivity index (χ1) is 11.8. The second kappa shape index (κ2) is 7.23. The van der Waals surface area contributed by atoms with Gasteiger partial charge in [0.25, 0.3) is 0 Å². The first-order valence-corrected chi connectivity index (χ1v) is 9.96. The molecular weight excluding hydrogens is 384 g/mol. The smallest absolute Gasteiger partial charge is 0.337 e. The molecule has 1 aliphatic carbocycles. The van der Waals surface area contributed by atoms with E-state index in [9.17, 15) is 15.0 Å². The summed E-state index contributed by atoms with van der Waals surface area (Å²) in [6.45, 7) is 5.53. The number of hydrogen-bond donors (Lipinski definition) is 2. The molecule has 0 aromatic carbocycles. The van der Waals surface area contributed by atoms with Crippen LogP contribution in [0, 0.1) is 19.3 Å². The van der Waals surface area contributed by atoms with Gasteiger partial charge in [0.1, 0.15) is 0 Å². The third kappa shape index (κ3) is 3.56. The molecule has 1 aromatic heterocycles. The van der Waals surface area contributed by atoms with Crippen molar-refractivity contribution in [2.75, 3.05) is 18.0 Å². The van der Waals surface area contributed by atoms with Gasteiger partial charge in [0.2, 0.25) is 0 Å². The molecule has 0 bridgehead atoms. The zero-order chi connectivity index (χ0) is 18.2. The van der Waals surface area contributed by atoms with Gasteiger partial charge in [-0.15, -0.1) is 0 Å². The molecule has 1 atom stereocenters. The Labute approximate surface area is 157 Å². The molecule has 2 fully saturated rings. The topological polar surface area (TPSA) is 73.7 Å². The van der Waals surface area contributed by atoms with Crippen molar-refractivity contribution in [3.05, 3.63) is 21.4 Å². The predicted molar refractivity (Wildman–Crippen MR) is 101 cm³/mol. The maximum atomic E-state index is 11.4. The third-order valence-electron chi connectivity index (χ3n) is 5.93. The number of aryl methyl sites for hydroxylation is 2. The van der Waals surface area contributed by atoms with Crippen LogP contribution in [0.2, 0.25) is 0 Å². The minimum Gasteiger partial charge on any atom is -0.479 e. The van der Waals surface area contributed by atoms with E-state index in [1.807, 2.05) is 6.92 Å². The van der Waals surface area contributed by atoms with Crippen LogP contribution in [0.3, 0.4) is 0 Å². The van der Waals surface area contributed by atoms with Crippen molar-refractivity contribution in [1.82, 2.24) is 4.98 Å². The Kier molecular flexibility index (Phi) is 5.40. The van der Waals surface area contributed by atoms with Gasteiger partial charge in [0, 0.05) is 24.3 Å². The molecule has 5 nitrogen and oxygen atoms in total. The lowest BCUT2D eigenvalue weighted by Gasteiger charge is -2.31. The van der Waals surface area contributed by atoms with Gasteiger partial charge in [-0.2, -0.15) is 0 Å². The van der Waals surface area contributed by atoms with Gasteiger partial charge in [-0.3, -0.25) is 4.98 Å². The van der Waals surface area contributed by atoms with Crippen LogP contribution < -0.4 is 4.90 Å². The van der Waals surface area contributed by atoms with Crippen LogP contribution in [0.4, 0.5) is 5.69 Å². The van der Waals surface area contributed by atoms with E-state index >= 15 is 0 Å². The van der Waals surface area contributed by atoms with E-state index in [0.717, 1.165) is 35.4 Å². The number of halogens is 1. The molecule has 25 heavy (non-hydrogen) atoms. The van der Waals surface area contributed by atoms with Crippen LogP contribution >= 0.6 is 15.9 Å². The van der Waals surface area contributed by atoms with Gasteiger partial charge in [-0.1, -0.05) is 25.7 Å². The summed E-state index contributed by atoms with van der Waals surface area (Å²) in [6.07, 6.45) is 7.31. The van der Waals surface area contributed by atoms with E-state index < -0.39 is 12.1 Å². The lowest BCUT2D eigenvalue weighted by molar-refractivity contribution is -0.147. The molecule has 1 unspecified atom stereocenters. The minimum atomic E-state index is -1.55. The van der Waals surface area contributed by atoms with Crippen molar-refractivity contribution in [3.63, 3.8) is 0 Å². The highest BCUT2D eigenvalue weighted by molar-refractivity contribution is 9.10. The number of nitrogens with zero attached hydrogens (tertiary/aromatic N) is 2. The molecule has 1 aliphatic heterocycles. The molecule has 1 saturated heterocycles. The number of aliphatic carboxylic acids is 1. The molecule has 1 aromatic rings. The number of aromatic nitrogens is 1. The minimum absolute atomic E-state index is 0.340. The van der Waals surface area contributed by atoms with E-state index in [-0.39, 0.29) is 0 Å². The molecule has 2 aliphatic rings. The number of aliphatic hydroxyl groups is 1. The van der Waals surface area contributed by atoms with Crippen molar-refractivity contribution in [1.29, 1.82) is 0 Å². The number of carbonyl (C=O) groups is 1. The quantitative estimate of drug-likeness (QED) is 0.783. The Morgan fingerprint density at radius 2 is 1.80 bits per heavy atom. The number of pyridine rings is 1. The van der Waals surface area contributed by atoms with Gasteiger partial charge >= 0.3 is 5.97 Å². The number of carboxylic acids is 1. The SMILES string of the molecule is Cc1nc(C)c(C(O)C(=O)O)c(N2CCC3(CCCCCC3)C2)c1Br. The molecular formula is C19H27BrN2O3. The maximum Gasteiger partial charge on any atom is 0.337 e. The predicted octanol–water partition coefficient (Wildman–Crippen LogP) is 4.13. The summed E-state index contributed by atoms with van der Waals surface area (Å²) in [7, 11) is 0. The van der Waals surface area contributed by atoms with Crippen molar-refractivity contribution in [2.24, 2.45) is 5.41 Å². The zero-order valence-electron chi connectivity index (χ0n) is 15.0. The molecule has 2 heterocycles. The molecule has 138 valence electrons. The summed E-state index contributed by atoms with van der Waals surface area (Å²) >= 11 is 3.61. The maximum absolute atomic E-state index is 11.4. The van der Waals surface area contributed by atoms with Crippen LogP contribution in [0.15, 0.2) is 4.47 Å². The molecule has 3 rings (SSSR count). The first-order valence-electron chi connectivity index (χ1n) is 9.17. The van der Waals surface area contributed by atoms with Crippen molar-refractivity contribution >= 4 is 27.6 Å². The number of aliphatic hydroxyl groups excluding tert-OH is 1. The highest BCUT2D eigenvalue weighted by atomic mass is 79.9. The lowest BCUT2D eigenvalue weighted by Crippen LogP contribution is -2.29. The largest absolute Gasteiger partial charge is 0.479 e. The monoisotopic (exact) mass is 410 g/mol. The lowest BCUT2D eigenvalue weighted by atomic mass is 9.80. The third-order valence-corrected chi connectivity index (χ3v) is 6.88. The van der Waals surface area contributed by atoms with Gasteiger partial charge in [0.15, 0.2) is 6.10 Å². The highest BCUT2D eigenvalue weighted by Gasteiger charge is 2.40. The second-order valence-electron chi connectivity index (χ2n) is 7.69. The van der Waals surface area contributed by atoms with Crippen LogP contribution in [0.1, 0.15) is 68.0 Å². The summed E-state index contributed by atoms with van der Waals surface area (Å²) in [5.74, 6) is -1.23. The first kappa shape index (κ1) is 18.6. The van der Waals surface area contributed by atoms with E-state index in [1.54, 1.807) is 6.92 Å². The summed E-state index contributed by atoms with van der Waals surface area (Å²) in [5, 5.41) is 19.7. The average molecular weight is 411 g/mol. The molecule has 6 heteroatoms. The summed E-state index contributed by atoms with van der Waals surface area (Å²) < 4.78 is 0.805. The second-order valence-corrected chi connectivity index (χ2v) is 8.48. The fourth-order valence-corrected chi connectivity index (χ4v) is 5.15. The van der Waals surface area contributed by atoms with Crippen molar-refractivity contribution < 1.29 is 15.0 Å². The molecule has 1 saturated carbocycles. The van der Waals surface area contributed by atoms with Crippen LogP contribution in [0.5, 0.6) is 0 Å². The van der Waals surface area contributed by atoms with E-state index in [4.69, 9.17) is 0 Å². The average Bonchev–Trinajstić information content (AvgIpc) is 2.82. The number of carboxylic acid groups (broad SMARTS) is 1. The number of anilines is 1. The summed E-state index contributed by atoms with van der Waals surface area (Å²) in [4.78, 5) is 18.2. The van der Waals surface area contributed by atoms with Gasteiger partial charge < -0.3 is 15.1 Å². The highest BCUT2D eigenvalue weighted by Crippen LogP contribution is 2.47. The molecule has 1 spiro atoms. The Hall–Kier alpha value is -1.14. The molecule has 2 N–H and O–H groups in total. The van der Waals surface area contributed by atoms with Crippen LogP contribution in [0.25, 0.3) is 0 Å². The normalized spacial score (nSPS) is 21.4. The Morgan fingerprint density at radius 3 is 2.40 bits per heavy atom. The Balaban J connectivity index is 2.00. The number of hydrogen-bond acceptors (Lipinski definition) is 4. The fraction of sp³-hybridized carbons (Fsp3) is 0.684. The standard InChI is InChI=1S/C19H27BrN2O3/c1-12-14(17(23)18(24)25)16(15(20)13(2)21-12)22-10-9-19(11-22)7-5-3-4-6-8-19/h17,23H,3-11H2,1-2H3,(H,24,25).